The molecule has 0 bridgehead atoms. The van der Waals surface area contributed by atoms with E-state index in [9.17, 15) is 14.9 Å². The number of nitrogens with zero attached hydrogens (tertiary/aromatic N) is 1. The van der Waals surface area contributed by atoms with Gasteiger partial charge in [-0.1, -0.05) is 13.8 Å². The number of halogens is 1. The van der Waals surface area contributed by atoms with E-state index in [0.717, 1.165) is 0 Å². The molecule has 0 amide bonds. The molecule has 1 rings (SSSR count). The minimum Gasteiger partial charge on any atom is -0.490 e. The number of rotatable bonds is 7. The van der Waals surface area contributed by atoms with Crippen molar-refractivity contribution in [2.45, 2.75) is 25.9 Å². The van der Waals surface area contributed by atoms with E-state index < -0.39 is 16.9 Å². The normalized spacial score (nSPS) is 12.0. The van der Waals surface area contributed by atoms with Gasteiger partial charge in [0.15, 0.2) is 0 Å². The molecule has 21 heavy (non-hydrogen) atoms. The molecule has 0 radical (unpaired) electrons. The second kappa shape index (κ2) is 7.94. The van der Waals surface area contributed by atoms with Crippen molar-refractivity contribution in [2.24, 2.45) is 0 Å². The molecule has 1 N–H and O–H groups in total. The molecule has 1 aromatic rings. The van der Waals surface area contributed by atoms with Gasteiger partial charge >= 0.3 is 5.97 Å². The third kappa shape index (κ3) is 5.31. The second-order valence-electron chi connectivity index (χ2n) is 4.58. The van der Waals surface area contributed by atoms with Crippen molar-refractivity contribution in [3.8, 4) is 5.75 Å². The quantitative estimate of drug-likeness (QED) is 0.455. The first kappa shape index (κ1) is 17.4. The zero-order valence-corrected chi connectivity index (χ0v) is 13.5. The predicted octanol–water partition coefficient (Wildman–Crippen LogP) is 2.28. The summed E-state index contributed by atoms with van der Waals surface area (Å²) in [6, 6.07) is 3.60. The van der Waals surface area contributed by atoms with Crippen LogP contribution in [0.2, 0.25) is 0 Å². The van der Waals surface area contributed by atoms with E-state index in [1.165, 1.54) is 25.3 Å². The lowest BCUT2D eigenvalue weighted by atomic mass is 10.2. The number of carbonyl (C=O) groups is 1. The largest absolute Gasteiger partial charge is 0.490 e. The van der Waals surface area contributed by atoms with Crippen molar-refractivity contribution in [2.75, 3.05) is 13.7 Å². The molecular weight excluding hydrogens is 344 g/mol. The van der Waals surface area contributed by atoms with E-state index in [0.29, 0.717) is 10.2 Å². The van der Waals surface area contributed by atoms with Crippen LogP contribution in [0.4, 0.5) is 5.69 Å². The molecule has 8 heteroatoms. The molecule has 0 aliphatic rings. The Hall–Kier alpha value is -1.67. The van der Waals surface area contributed by atoms with Crippen LogP contribution < -0.4 is 10.1 Å². The van der Waals surface area contributed by atoms with Crippen molar-refractivity contribution in [1.29, 1.82) is 0 Å². The maximum absolute atomic E-state index is 11.6. The Kier molecular flexibility index (Phi) is 6.57. The molecule has 0 fully saturated rings. The predicted molar refractivity (Wildman–Crippen MR) is 80.4 cm³/mol. The number of nitro groups is 1. The van der Waals surface area contributed by atoms with E-state index in [-0.39, 0.29) is 18.3 Å². The van der Waals surface area contributed by atoms with Gasteiger partial charge in [0.25, 0.3) is 5.69 Å². The fraction of sp³-hybridized carbons (Fsp3) is 0.462. The number of carbonyl (C=O) groups excluding carboxylic acids is 1. The highest BCUT2D eigenvalue weighted by Crippen LogP contribution is 2.29. The fourth-order valence-electron chi connectivity index (χ4n) is 1.62. The molecule has 116 valence electrons. The van der Waals surface area contributed by atoms with Gasteiger partial charge in [0.05, 0.1) is 22.6 Å². The summed E-state index contributed by atoms with van der Waals surface area (Å²) in [6.45, 7) is 3.78. The SMILES string of the molecule is COC(=O)C(COc1cc([N+](=O)[O-])ccc1Br)NC(C)C. The minimum atomic E-state index is -0.652. The van der Waals surface area contributed by atoms with Gasteiger partial charge < -0.3 is 9.47 Å². The van der Waals surface area contributed by atoms with Gasteiger partial charge in [-0.05, 0) is 22.0 Å². The van der Waals surface area contributed by atoms with E-state index in [4.69, 9.17) is 9.47 Å². The molecular formula is C13H17BrN2O5. The molecule has 1 atom stereocenters. The van der Waals surface area contributed by atoms with Gasteiger partial charge in [-0.2, -0.15) is 0 Å². The third-order valence-corrected chi connectivity index (χ3v) is 3.21. The Bertz CT molecular complexity index is 521. The van der Waals surface area contributed by atoms with E-state index >= 15 is 0 Å². The standard InChI is InChI=1S/C13H17BrN2O5/c1-8(2)15-11(13(17)20-3)7-21-12-6-9(16(18)19)4-5-10(12)14/h4-6,8,11,15H,7H2,1-3H3. The Balaban J connectivity index is 2.81. The highest BCUT2D eigenvalue weighted by atomic mass is 79.9. The van der Waals surface area contributed by atoms with Gasteiger partial charge in [-0.15, -0.1) is 0 Å². The number of nitro benzene ring substituents is 1. The zero-order valence-electron chi connectivity index (χ0n) is 12.0. The van der Waals surface area contributed by atoms with Crippen LogP contribution >= 0.6 is 15.9 Å². The molecule has 0 aliphatic carbocycles. The van der Waals surface area contributed by atoms with Gasteiger partial charge in [0, 0.05) is 12.1 Å². The van der Waals surface area contributed by atoms with Crippen LogP contribution in [0.25, 0.3) is 0 Å². The summed E-state index contributed by atoms with van der Waals surface area (Å²) < 4.78 is 10.8. The second-order valence-corrected chi connectivity index (χ2v) is 5.43. The highest BCUT2D eigenvalue weighted by molar-refractivity contribution is 9.10. The minimum absolute atomic E-state index is 0.00458. The summed E-state index contributed by atoms with van der Waals surface area (Å²) in [6.07, 6.45) is 0. The summed E-state index contributed by atoms with van der Waals surface area (Å²) in [5.74, 6) is -0.158. The Morgan fingerprint density at radius 3 is 2.67 bits per heavy atom. The Morgan fingerprint density at radius 1 is 1.48 bits per heavy atom. The van der Waals surface area contributed by atoms with E-state index in [1.807, 2.05) is 13.8 Å². The monoisotopic (exact) mass is 360 g/mol. The molecule has 7 nitrogen and oxygen atoms in total. The summed E-state index contributed by atoms with van der Waals surface area (Å²) in [7, 11) is 1.29. The zero-order chi connectivity index (χ0) is 16.0. The smallest absolute Gasteiger partial charge is 0.326 e. The number of nitrogens with one attached hydrogen (secondary N) is 1. The van der Waals surface area contributed by atoms with Crippen molar-refractivity contribution in [3.63, 3.8) is 0 Å². The number of benzene rings is 1. The van der Waals surface area contributed by atoms with Crippen LogP contribution in [0.5, 0.6) is 5.75 Å². The first-order valence-electron chi connectivity index (χ1n) is 6.25. The molecule has 0 aliphatic heterocycles. The summed E-state index contributed by atoms with van der Waals surface area (Å²) in [5.41, 5.74) is -0.0837. The molecule has 0 aromatic heterocycles. The lowest BCUT2D eigenvalue weighted by Crippen LogP contribution is -2.45. The molecule has 1 aromatic carbocycles. The summed E-state index contributed by atoms with van der Waals surface area (Å²) >= 11 is 3.25. The van der Waals surface area contributed by atoms with Crippen LogP contribution in [0.15, 0.2) is 22.7 Å². The fourth-order valence-corrected chi connectivity index (χ4v) is 1.98. The van der Waals surface area contributed by atoms with Gasteiger partial charge in [-0.25, -0.2) is 0 Å². The number of esters is 1. The number of hydrogen-bond acceptors (Lipinski definition) is 6. The van der Waals surface area contributed by atoms with Crippen LogP contribution in [0.3, 0.4) is 0 Å². The van der Waals surface area contributed by atoms with Gasteiger partial charge in [0.1, 0.15) is 18.4 Å². The lowest BCUT2D eigenvalue weighted by Gasteiger charge is -2.19. The van der Waals surface area contributed by atoms with Crippen LogP contribution in [0, 0.1) is 10.1 Å². The number of non-ortho nitro benzene ring substituents is 1. The average molecular weight is 361 g/mol. The number of hydrogen-bond donors (Lipinski definition) is 1. The van der Waals surface area contributed by atoms with Crippen LogP contribution in [-0.2, 0) is 9.53 Å². The van der Waals surface area contributed by atoms with Gasteiger partial charge in [-0.3, -0.25) is 20.2 Å². The first-order valence-corrected chi connectivity index (χ1v) is 7.05. The van der Waals surface area contributed by atoms with Crippen molar-refractivity contribution >= 4 is 27.6 Å². The number of methoxy groups -OCH3 is 1. The van der Waals surface area contributed by atoms with Crippen molar-refractivity contribution in [1.82, 2.24) is 5.32 Å². The van der Waals surface area contributed by atoms with Crippen LogP contribution in [0.1, 0.15) is 13.8 Å². The third-order valence-electron chi connectivity index (χ3n) is 2.55. The van der Waals surface area contributed by atoms with Crippen molar-refractivity contribution < 1.29 is 19.2 Å². The molecule has 0 saturated carbocycles. The number of ether oxygens (including phenoxy) is 2. The summed E-state index contributed by atoms with van der Waals surface area (Å²) in [5, 5.41) is 13.8. The maximum atomic E-state index is 11.6. The topological polar surface area (TPSA) is 90.7 Å². The molecule has 0 saturated heterocycles. The van der Waals surface area contributed by atoms with Crippen molar-refractivity contribution in [3.05, 3.63) is 32.8 Å². The maximum Gasteiger partial charge on any atom is 0.326 e. The Labute approximate surface area is 130 Å². The average Bonchev–Trinajstić information content (AvgIpc) is 2.43. The Morgan fingerprint density at radius 2 is 2.14 bits per heavy atom. The highest BCUT2D eigenvalue weighted by Gasteiger charge is 2.21. The van der Waals surface area contributed by atoms with Crippen LogP contribution in [-0.4, -0.2) is 36.7 Å². The summed E-state index contributed by atoms with van der Waals surface area (Å²) in [4.78, 5) is 21.9. The van der Waals surface area contributed by atoms with Gasteiger partial charge in [0.2, 0.25) is 0 Å². The van der Waals surface area contributed by atoms with E-state index in [1.54, 1.807) is 0 Å². The van der Waals surface area contributed by atoms with E-state index in [2.05, 4.69) is 21.2 Å². The molecule has 1 unspecified atom stereocenters. The lowest BCUT2D eigenvalue weighted by molar-refractivity contribution is -0.385. The first-order chi connectivity index (χ1) is 9.85. The molecule has 0 spiro atoms. The molecule has 0 heterocycles.